The average Bonchev–Trinajstić information content (AvgIpc) is 2.88. The first kappa shape index (κ1) is 10.3. The fourth-order valence-electron chi connectivity index (χ4n) is 2.69. The van der Waals surface area contributed by atoms with Gasteiger partial charge in [0.15, 0.2) is 0 Å². The van der Waals surface area contributed by atoms with Gasteiger partial charge >= 0.3 is 0 Å². The van der Waals surface area contributed by atoms with Crippen LogP contribution in [0.1, 0.15) is 23.6 Å². The van der Waals surface area contributed by atoms with Crippen LogP contribution >= 0.6 is 0 Å². The van der Waals surface area contributed by atoms with E-state index in [2.05, 4.69) is 29.6 Å². The summed E-state index contributed by atoms with van der Waals surface area (Å²) in [6.45, 7) is 1.09. The molecule has 86 valence electrons. The van der Waals surface area contributed by atoms with Crippen LogP contribution in [-0.2, 0) is 11.2 Å². The molecule has 1 fully saturated rings. The maximum atomic E-state index is 9.71. The Labute approximate surface area is 95.4 Å². The Kier molecular flexibility index (Phi) is 2.67. The number of nitrogens with one attached hydrogen (secondary N) is 1. The normalized spacial score (nSPS) is 32.9. The number of rotatable bonds is 2. The van der Waals surface area contributed by atoms with Gasteiger partial charge in [-0.25, -0.2) is 0 Å². The summed E-state index contributed by atoms with van der Waals surface area (Å²) in [5.74, 6) is 0. The highest BCUT2D eigenvalue weighted by atomic mass is 16.5. The van der Waals surface area contributed by atoms with E-state index in [0.717, 1.165) is 12.8 Å². The van der Waals surface area contributed by atoms with Crippen LogP contribution in [0.4, 0.5) is 0 Å². The van der Waals surface area contributed by atoms with E-state index in [9.17, 15) is 5.11 Å². The summed E-state index contributed by atoms with van der Waals surface area (Å²) in [6, 6.07) is 9.03. The van der Waals surface area contributed by atoms with Crippen molar-refractivity contribution in [1.82, 2.24) is 5.32 Å². The lowest BCUT2D eigenvalue weighted by molar-refractivity contribution is 0.121. The quantitative estimate of drug-likeness (QED) is 0.780. The van der Waals surface area contributed by atoms with E-state index in [1.54, 1.807) is 0 Å². The van der Waals surface area contributed by atoms with Gasteiger partial charge in [-0.3, -0.25) is 0 Å². The number of aliphatic hydroxyl groups excluding tert-OH is 1. The van der Waals surface area contributed by atoms with Gasteiger partial charge in [-0.15, -0.1) is 0 Å². The summed E-state index contributed by atoms with van der Waals surface area (Å²) in [7, 11) is 0. The third-order valence-corrected chi connectivity index (χ3v) is 3.60. The lowest BCUT2D eigenvalue weighted by Gasteiger charge is -2.21. The molecule has 1 heterocycles. The molecule has 0 bridgehead atoms. The van der Waals surface area contributed by atoms with Crippen LogP contribution in [0.15, 0.2) is 24.3 Å². The average molecular weight is 219 g/mol. The minimum atomic E-state index is -0.354. The number of hydrogen-bond acceptors (Lipinski definition) is 3. The monoisotopic (exact) mass is 219 g/mol. The largest absolute Gasteiger partial charge is 0.389 e. The zero-order chi connectivity index (χ0) is 11.0. The van der Waals surface area contributed by atoms with Crippen LogP contribution < -0.4 is 5.32 Å². The molecule has 2 N–H and O–H groups in total. The first-order valence-electron chi connectivity index (χ1n) is 5.94. The lowest BCUT2D eigenvalue weighted by atomic mass is 10.1. The molecule has 1 aromatic rings. The van der Waals surface area contributed by atoms with Gasteiger partial charge in [0.1, 0.15) is 0 Å². The van der Waals surface area contributed by atoms with Gasteiger partial charge in [0.05, 0.1) is 25.4 Å². The predicted molar refractivity (Wildman–Crippen MR) is 61.3 cm³/mol. The molecule has 1 aromatic carbocycles. The number of benzene rings is 1. The second-order valence-corrected chi connectivity index (χ2v) is 4.67. The number of aliphatic hydroxyl groups is 1. The van der Waals surface area contributed by atoms with Gasteiger partial charge in [0.25, 0.3) is 0 Å². The SMILES string of the molecule is OC1COCC1NC1CCc2ccccc21. The summed E-state index contributed by atoms with van der Waals surface area (Å²) >= 11 is 0. The van der Waals surface area contributed by atoms with Crippen molar-refractivity contribution in [2.24, 2.45) is 0 Å². The molecule has 0 amide bonds. The number of fused-ring (bicyclic) bond motifs is 1. The van der Waals surface area contributed by atoms with Crippen molar-refractivity contribution < 1.29 is 9.84 Å². The molecule has 1 saturated heterocycles. The number of aryl methyl sites for hydroxylation is 1. The summed E-state index contributed by atoms with van der Waals surface area (Å²) in [5, 5.41) is 13.2. The second-order valence-electron chi connectivity index (χ2n) is 4.67. The van der Waals surface area contributed by atoms with Crippen LogP contribution in [0, 0.1) is 0 Å². The molecule has 16 heavy (non-hydrogen) atoms. The summed E-state index contributed by atoms with van der Waals surface area (Å²) < 4.78 is 5.26. The standard InChI is InChI=1S/C13H17NO2/c15-13-8-16-7-12(13)14-11-6-5-9-3-1-2-4-10(9)11/h1-4,11-15H,5-8H2. The smallest absolute Gasteiger partial charge is 0.0948 e. The van der Waals surface area contributed by atoms with Crippen molar-refractivity contribution in [2.75, 3.05) is 13.2 Å². The van der Waals surface area contributed by atoms with E-state index < -0.39 is 0 Å². The van der Waals surface area contributed by atoms with Crippen LogP contribution in [0.3, 0.4) is 0 Å². The molecule has 3 heteroatoms. The lowest BCUT2D eigenvalue weighted by Crippen LogP contribution is -2.40. The molecule has 2 aliphatic rings. The fourth-order valence-corrected chi connectivity index (χ4v) is 2.69. The Morgan fingerprint density at radius 2 is 2.12 bits per heavy atom. The molecule has 1 aliphatic heterocycles. The topological polar surface area (TPSA) is 41.5 Å². The van der Waals surface area contributed by atoms with Crippen molar-refractivity contribution in [1.29, 1.82) is 0 Å². The van der Waals surface area contributed by atoms with Crippen molar-refractivity contribution in [3.63, 3.8) is 0 Å². The molecular formula is C13H17NO2. The van der Waals surface area contributed by atoms with E-state index in [1.165, 1.54) is 11.1 Å². The zero-order valence-electron chi connectivity index (χ0n) is 9.23. The summed E-state index contributed by atoms with van der Waals surface area (Å²) in [4.78, 5) is 0. The van der Waals surface area contributed by atoms with Gasteiger partial charge < -0.3 is 15.2 Å². The number of ether oxygens (including phenoxy) is 1. The van der Waals surface area contributed by atoms with Crippen LogP contribution in [0.25, 0.3) is 0 Å². The maximum Gasteiger partial charge on any atom is 0.0948 e. The Bertz CT molecular complexity index is 380. The molecule has 3 unspecified atom stereocenters. The van der Waals surface area contributed by atoms with Gasteiger partial charge in [0, 0.05) is 6.04 Å². The second kappa shape index (κ2) is 4.17. The van der Waals surface area contributed by atoms with Crippen LogP contribution in [-0.4, -0.2) is 30.5 Å². The highest BCUT2D eigenvalue weighted by Gasteiger charge is 2.31. The van der Waals surface area contributed by atoms with E-state index in [4.69, 9.17) is 4.74 Å². The Morgan fingerprint density at radius 1 is 1.25 bits per heavy atom. The molecule has 0 aromatic heterocycles. The third kappa shape index (κ3) is 1.75. The minimum Gasteiger partial charge on any atom is -0.389 e. The van der Waals surface area contributed by atoms with Gasteiger partial charge in [-0.2, -0.15) is 0 Å². The van der Waals surface area contributed by atoms with E-state index in [0.29, 0.717) is 19.3 Å². The molecule has 0 saturated carbocycles. The zero-order valence-corrected chi connectivity index (χ0v) is 9.23. The highest BCUT2D eigenvalue weighted by molar-refractivity contribution is 5.34. The van der Waals surface area contributed by atoms with Crippen molar-refractivity contribution in [3.05, 3.63) is 35.4 Å². The van der Waals surface area contributed by atoms with Gasteiger partial charge in [-0.1, -0.05) is 24.3 Å². The predicted octanol–water partition coefficient (Wildman–Crippen LogP) is 1.02. The van der Waals surface area contributed by atoms with Crippen LogP contribution in [0.5, 0.6) is 0 Å². The molecule has 3 atom stereocenters. The molecular weight excluding hydrogens is 202 g/mol. The Balaban J connectivity index is 1.73. The van der Waals surface area contributed by atoms with E-state index >= 15 is 0 Å². The Morgan fingerprint density at radius 3 is 2.94 bits per heavy atom. The molecule has 0 radical (unpaired) electrons. The van der Waals surface area contributed by atoms with Crippen molar-refractivity contribution >= 4 is 0 Å². The molecule has 1 aliphatic carbocycles. The van der Waals surface area contributed by atoms with Crippen molar-refractivity contribution in [3.8, 4) is 0 Å². The maximum absolute atomic E-state index is 9.71. The first-order valence-corrected chi connectivity index (χ1v) is 5.94. The first-order chi connectivity index (χ1) is 7.84. The molecule has 3 rings (SSSR count). The van der Waals surface area contributed by atoms with E-state index in [1.807, 2.05) is 0 Å². The van der Waals surface area contributed by atoms with Gasteiger partial charge in [-0.05, 0) is 24.0 Å². The summed E-state index contributed by atoms with van der Waals surface area (Å²) in [5.41, 5.74) is 2.83. The van der Waals surface area contributed by atoms with Crippen LogP contribution in [0.2, 0.25) is 0 Å². The molecule has 3 nitrogen and oxygen atoms in total. The third-order valence-electron chi connectivity index (χ3n) is 3.60. The fraction of sp³-hybridized carbons (Fsp3) is 0.538. The Hall–Kier alpha value is -0.900. The van der Waals surface area contributed by atoms with Gasteiger partial charge in [0.2, 0.25) is 0 Å². The van der Waals surface area contributed by atoms with Crippen molar-refractivity contribution in [2.45, 2.75) is 31.0 Å². The molecule has 0 spiro atoms. The minimum absolute atomic E-state index is 0.0937. The number of hydrogen-bond donors (Lipinski definition) is 2. The van der Waals surface area contributed by atoms with E-state index in [-0.39, 0.29) is 12.1 Å². The summed E-state index contributed by atoms with van der Waals surface area (Å²) in [6.07, 6.45) is 1.91. The highest BCUT2D eigenvalue weighted by Crippen LogP contribution is 2.31.